The van der Waals surface area contributed by atoms with E-state index in [-0.39, 0.29) is 30.2 Å². The second-order valence-electron chi connectivity index (χ2n) is 16.6. The number of likely N-dealkylation sites (tertiary alicyclic amines) is 1. The normalized spacial score (nSPS) is 25.3. The molecule has 3 aliphatic heterocycles. The summed E-state index contributed by atoms with van der Waals surface area (Å²) in [6.07, 6.45) is 4.11. The number of hydrogen-bond donors (Lipinski definition) is 2. The van der Waals surface area contributed by atoms with E-state index in [1.165, 1.54) is 4.90 Å². The van der Waals surface area contributed by atoms with Gasteiger partial charge in [0.15, 0.2) is 0 Å². The number of aliphatic hydroxyl groups excluding tert-OH is 1. The highest BCUT2D eigenvalue weighted by Crippen LogP contribution is 2.60. The number of hydrogen-bond acceptors (Lipinski definition) is 7. The summed E-state index contributed by atoms with van der Waals surface area (Å²) in [7, 11) is 0. The van der Waals surface area contributed by atoms with Gasteiger partial charge in [-0.2, -0.15) is 0 Å². The molecule has 0 unspecified atom stereocenters. The number of aliphatic hydroxyl groups is 1. The minimum atomic E-state index is -1.32. The van der Waals surface area contributed by atoms with E-state index in [0.717, 1.165) is 0 Å². The van der Waals surface area contributed by atoms with Crippen LogP contribution in [0.1, 0.15) is 96.9 Å². The molecule has 3 heterocycles. The lowest BCUT2D eigenvalue weighted by Crippen LogP contribution is -2.61. The fourth-order valence-corrected chi connectivity index (χ4v) is 9.25. The van der Waals surface area contributed by atoms with Gasteiger partial charge in [-0.3, -0.25) is 19.2 Å². The van der Waals surface area contributed by atoms with Gasteiger partial charge in [-0.25, -0.2) is 0 Å². The molecule has 3 fully saturated rings. The lowest BCUT2D eigenvalue weighted by molar-refractivity contribution is -0.163. The smallest absolute Gasteiger partial charge is 0.313 e. The van der Waals surface area contributed by atoms with Crippen molar-refractivity contribution in [3.63, 3.8) is 0 Å². The van der Waals surface area contributed by atoms with Crippen LogP contribution in [0.2, 0.25) is 0 Å². The molecule has 2 aromatic carbocycles. The van der Waals surface area contributed by atoms with E-state index in [2.05, 4.69) is 39.2 Å². The Kier molecular flexibility index (Phi) is 12.0. The van der Waals surface area contributed by atoms with Gasteiger partial charge in [0.05, 0.1) is 36.6 Å². The van der Waals surface area contributed by atoms with Gasteiger partial charge in [-0.05, 0) is 63.0 Å². The van der Waals surface area contributed by atoms with Gasteiger partial charge in [-0.15, -0.1) is 13.2 Å². The van der Waals surface area contributed by atoms with E-state index >= 15 is 9.59 Å². The van der Waals surface area contributed by atoms with Crippen LogP contribution in [0, 0.1) is 17.3 Å². The molecule has 0 aromatic heterocycles. The molecule has 10 nitrogen and oxygen atoms in total. The van der Waals surface area contributed by atoms with Crippen LogP contribution >= 0.6 is 0 Å². The average molecular weight is 728 g/mol. The topological polar surface area (TPSA) is 125 Å². The van der Waals surface area contributed by atoms with Crippen molar-refractivity contribution < 1.29 is 33.8 Å². The fourth-order valence-electron chi connectivity index (χ4n) is 9.25. The first-order valence-electron chi connectivity index (χ1n) is 18.8. The summed E-state index contributed by atoms with van der Waals surface area (Å²) < 4.78 is 13.1. The Morgan fingerprint density at radius 3 is 2.23 bits per heavy atom. The number of ether oxygens (including phenoxy) is 2. The first-order chi connectivity index (χ1) is 25.1. The molecule has 8 atom stereocenters. The van der Waals surface area contributed by atoms with Gasteiger partial charge in [0.25, 0.3) is 0 Å². The van der Waals surface area contributed by atoms with Crippen molar-refractivity contribution >= 4 is 23.7 Å². The third-order valence-corrected chi connectivity index (χ3v) is 11.0. The molecule has 1 spiro atoms. The molecule has 2 N–H and O–H groups in total. The van der Waals surface area contributed by atoms with Gasteiger partial charge in [-0.1, -0.05) is 93.6 Å². The van der Waals surface area contributed by atoms with E-state index in [4.69, 9.17) is 9.47 Å². The number of nitrogens with one attached hydrogen (secondary N) is 1. The molecule has 2 bridgehead atoms. The van der Waals surface area contributed by atoms with Crippen molar-refractivity contribution in [3.05, 3.63) is 97.1 Å². The van der Waals surface area contributed by atoms with Crippen LogP contribution in [-0.2, 0) is 28.7 Å². The van der Waals surface area contributed by atoms with Crippen molar-refractivity contribution in [3.8, 4) is 0 Å². The van der Waals surface area contributed by atoms with Crippen LogP contribution < -0.4 is 5.32 Å². The maximum absolute atomic E-state index is 15.3. The Morgan fingerprint density at radius 2 is 1.66 bits per heavy atom. The molecule has 5 rings (SSSR count). The second kappa shape index (κ2) is 16.0. The van der Waals surface area contributed by atoms with Crippen molar-refractivity contribution in [2.45, 2.75) is 115 Å². The summed E-state index contributed by atoms with van der Waals surface area (Å²) in [5.74, 6) is -3.58. The first-order valence-corrected chi connectivity index (χ1v) is 18.8. The summed E-state index contributed by atoms with van der Waals surface area (Å²) in [4.78, 5) is 60.9. The zero-order valence-electron chi connectivity index (χ0n) is 32.1. The highest BCUT2D eigenvalue weighted by atomic mass is 16.6. The molecule has 3 amide bonds. The summed E-state index contributed by atoms with van der Waals surface area (Å²) in [5, 5.41) is 13.9. The largest absolute Gasteiger partial charge is 0.455 e. The van der Waals surface area contributed by atoms with Gasteiger partial charge >= 0.3 is 5.97 Å². The molecule has 0 radical (unpaired) electrons. The summed E-state index contributed by atoms with van der Waals surface area (Å²) in [5.41, 5.74) is -0.732. The Hall–Kier alpha value is -4.28. The van der Waals surface area contributed by atoms with Crippen LogP contribution in [0.4, 0.5) is 0 Å². The lowest BCUT2D eigenvalue weighted by atomic mass is 9.70. The predicted octanol–water partition coefficient (Wildman–Crippen LogP) is 6.08. The number of rotatable bonds is 16. The van der Waals surface area contributed by atoms with E-state index in [9.17, 15) is 14.7 Å². The second-order valence-corrected chi connectivity index (χ2v) is 16.6. The third-order valence-electron chi connectivity index (χ3n) is 11.0. The van der Waals surface area contributed by atoms with Gasteiger partial charge < -0.3 is 29.7 Å². The fraction of sp³-hybridized carbons (Fsp3) is 0.535. The van der Waals surface area contributed by atoms with Gasteiger partial charge in [0, 0.05) is 18.5 Å². The maximum atomic E-state index is 15.3. The Balaban J connectivity index is 1.56. The Morgan fingerprint density at radius 1 is 1.04 bits per heavy atom. The third kappa shape index (κ3) is 7.99. The molecule has 286 valence electrons. The van der Waals surface area contributed by atoms with Crippen LogP contribution in [0.15, 0.2) is 86.0 Å². The van der Waals surface area contributed by atoms with Crippen molar-refractivity contribution in [2.75, 3.05) is 13.2 Å². The van der Waals surface area contributed by atoms with Crippen molar-refractivity contribution in [1.82, 2.24) is 15.1 Å². The zero-order valence-corrected chi connectivity index (χ0v) is 32.1. The summed E-state index contributed by atoms with van der Waals surface area (Å²) >= 11 is 0. The van der Waals surface area contributed by atoms with Crippen molar-refractivity contribution in [2.24, 2.45) is 17.3 Å². The molecule has 0 saturated carbocycles. The molecule has 0 aliphatic carbocycles. The number of carbonyl (C=O) groups excluding carboxylic acids is 4. The van der Waals surface area contributed by atoms with Crippen LogP contribution in [0.25, 0.3) is 0 Å². The highest BCUT2D eigenvalue weighted by Gasteiger charge is 2.76. The van der Waals surface area contributed by atoms with Crippen LogP contribution in [0.3, 0.4) is 0 Å². The molecule has 53 heavy (non-hydrogen) atoms. The summed E-state index contributed by atoms with van der Waals surface area (Å²) in [6, 6.07) is 15.8. The quantitative estimate of drug-likeness (QED) is 0.159. The number of benzene rings is 2. The Bertz CT molecular complexity index is 1650. The van der Waals surface area contributed by atoms with Crippen LogP contribution in [-0.4, -0.2) is 81.1 Å². The van der Waals surface area contributed by atoms with E-state index in [1.54, 1.807) is 24.0 Å². The minimum Gasteiger partial charge on any atom is -0.455 e. The SMILES string of the molecule is C=CCCC(=O)N[C@@H](C)[C@H](OC(=O)[C@@H]1[C@H]2C(=O)N([C@H](CO)c3ccccc3)[C@H](C(=O)N(CC=C)C(C)(C)CC(C)(C)C)[C@]23CC[C@H]1O3)c1ccccc1. The predicted molar refractivity (Wildman–Crippen MR) is 203 cm³/mol. The standard InChI is InChI=1S/C43H57N3O7/c1-9-11-22-33(48)44-28(3)36(30-20-16-13-17-21-30)52-40(51)34-32-23-24-43(53-32)35(34)38(49)46(31(26-47)29-18-14-12-15-19-29)37(43)39(50)45(25-10-2)42(7,8)27-41(4,5)6/h9-10,12-21,28,31-32,34-37,47H,1-2,11,22-27H2,3-8H3,(H,44,48)/t28-,31+,32+,34-,35-,36-,37+,43-/m0/s1. The first kappa shape index (κ1) is 39.9. The van der Waals surface area contributed by atoms with E-state index in [0.29, 0.717) is 36.8 Å². The number of fused-ring (bicyclic) bond motifs is 1. The molecular formula is C43H57N3O7. The lowest BCUT2D eigenvalue weighted by Gasteiger charge is -2.46. The Labute approximate surface area is 314 Å². The maximum Gasteiger partial charge on any atom is 0.313 e. The van der Waals surface area contributed by atoms with Gasteiger partial charge in [0.1, 0.15) is 17.7 Å². The number of nitrogens with zero attached hydrogens (tertiary/aromatic N) is 2. The van der Waals surface area contributed by atoms with E-state index < -0.39 is 71.8 Å². The monoisotopic (exact) mass is 727 g/mol. The molecule has 10 heteroatoms. The minimum absolute atomic E-state index is 0.123. The van der Waals surface area contributed by atoms with Crippen LogP contribution in [0.5, 0.6) is 0 Å². The number of amides is 3. The van der Waals surface area contributed by atoms with Gasteiger partial charge in [0.2, 0.25) is 17.7 Å². The number of allylic oxidation sites excluding steroid dienone is 1. The van der Waals surface area contributed by atoms with E-state index in [1.807, 2.05) is 74.5 Å². The highest BCUT2D eigenvalue weighted by molar-refractivity contribution is 5.98. The zero-order chi connectivity index (χ0) is 38.7. The molecule has 3 aliphatic rings. The van der Waals surface area contributed by atoms with Crippen molar-refractivity contribution in [1.29, 1.82) is 0 Å². The molecule has 3 saturated heterocycles. The average Bonchev–Trinajstić information content (AvgIpc) is 3.76. The summed E-state index contributed by atoms with van der Waals surface area (Å²) in [6.45, 7) is 19.6. The molecule has 2 aromatic rings. The number of carbonyl (C=O) groups is 4. The molecular weight excluding hydrogens is 670 g/mol. The number of esters is 1.